The number of hydrogen-bond acceptors (Lipinski definition) is 4. The van der Waals surface area contributed by atoms with Crippen LogP contribution in [0.5, 0.6) is 5.75 Å². The fourth-order valence-electron chi connectivity index (χ4n) is 1.27. The second-order valence-corrected chi connectivity index (χ2v) is 7.62. The lowest BCUT2D eigenvalue weighted by atomic mass is 10.3. The highest BCUT2D eigenvalue weighted by molar-refractivity contribution is 8.44. The molecule has 0 fully saturated rings. The molecule has 2 rings (SSSR count). The Morgan fingerprint density at radius 3 is 2.53 bits per heavy atom. The van der Waals surface area contributed by atoms with E-state index in [1.165, 1.54) is 11.8 Å². The van der Waals surface area contributed by atoms with E-state index < -0.39 is 6.80 Å². The van der Waals surface area contributed by atoms with Crippen LogP contribution in [0.1, 0.15) is 0 Å². The first-order chi connectivity index (χ1) is 8.92. The molecule has 1 aromatic heterocycles. The Kier molecular flexibility index (Phi) is 4.81. The van der Waals surface area contributed by atoms with Gasteiger partial charge in [-0.3, -0.25) is 0 Å². The van der Waals surface area contributed by atoms with Crippen LogP contribution >= 0.6 is 42.4 Å². The van der Waals surface area contributed by atoms with Crippen LogP contribution in [0.15, 0.2) is 52.4 Å². The Labute approximate surface area is 124 Å². The molecular formula is C11H9ClNO3PS2. The van der Waals surface area contributed by atoms with Crippen molar-refractivity contribution >= 4 is 42.4 Å². The first kappa shape index (κ1) is 14.8. The molecule has 1 atom stereocenters. The van der Waals surface area contributed by atoms with Gasteiger partial charge < -0.3 is 9.42 Å². The SMILES string of the molecule is O=P(O)(S)Oc1ccc(Sc2cccc(Cl)n2)cc1. The topological polar surface area (TPSA) is 59.4 Å². The van der Waals surface area contributed by atoms with Gasteiger partial charge in [-0.15, -0.1) is 0 Å². The summed E-state index contributed by atoms with van der Waals surface area (Å²) in [6, 6.07) is 12.1. The molecule has 1 heterocycles. The highest BCUT2D eigenvalue weighted by atomic mass is 35.5. The minimum Gasteiger partial charge on any atom is -0.417 e. The number of pyridine rings is 1. The van der Waals surface area contributed by atoms with Crippen molar-refractivity contribution < 1.29 is 14.0 Å². The van der Waals surface area contributed by atoms with E-state index in [0.29, 0.717) is 5.15 Å². The van der Waals surface area contributed by atoms with Gasteiger partial charge in [0.25, 0.3) is 0 Å². The normalized spacial score (nSPS) is 13.8. The Bertz CT molecular complexity index is 618. The van der Waals surface area contributed by atoms with E-state index in [-0.39, 0.29) is 5.75 Å². The molecule has 0 aliphatic carbocycles. The van der Waals surface area contributed by atoms with Crippen molar-refractivity contribution in [1.29, 1.82) is 0 Å². The second kappa shape index (κ2) is 6.20. The maximum Gasteiger partial charge on any atom is 0.434 e. The number of halogens is 1. The molecule has 0 saturated heterocycles. The zero-order chi connectivity index (χ0) is 13.9. The van der Waals surface area contributed by atoms with Crippen LogP contribution in [0.2, 0.25) is 5.15 Å². The van der Waals surface area contributed by atoms with Crippen molar-refractivity contribution in [3.63, 3.8) is 0 Å². The summed E-state index contributed by atoms with van der Waals surface area (Å²) in [5, 5.41) is 1.20. The molecule has 0 bridgehead atoms. The van der Waals surface area contributed by atoms with Crippen molar-refractivity contribution in [2.45, 2.75) is 9.92 Å². The molecule has 2 aromatic rings. The molecule has 0 spiro atoms. The Hall–Kier alpha value is -0.650. The van der Waals surface area contributed by atoms with Crippen molar-refractivity contribution in [2.24, 2.45) is 0 Å². The van der Waals surface area contributed by atoms with Gasteiger partial charge >= 0.3 is 6.80 Å². The minimum absolute atomic E-state index is 0.282. The third kappa shape index (κ3) is 5.09. The summed E-state index contributed by atoms with van der Waals surface area (Å²) in [6.07, 6.45) is 0. The summed E-state index contributed by atoms with van der Waals surface area (Å²) in [4.78, 5) is 14.0. The fourth-order valence-corrected chi connectivity index (χ4v) is 2.97. The van der Waals surface area contributed by atoms with Crippen LogP contribution in [-0.2, 0) is 4.57 Å². The molecule has 0 aliphatic rings. The van der Waals surface area contributed by atoms with E-state index in [9.17, 15) is 4.57 Å². The molecule has 0 amide bonds. The van der Waals surface area contributed by atoms with Gasteiger partial charge in [0.15, 0.2) is 0 Å². The quantitative estimate of drug-likeness (QED) is 0.496. The summed E-state index contributed by atoms with van der Waals surface area (Å²) in [7, 11) is 0. The van der Waals surface area contributed by atoms with E-state index >= 15 is 0 Å². The summed E-state index contributed by atoms with van der Waals surface area (Å²) in [6.45, 7) is -3.82. The maximum absolute atomic E-state index is 11.0. The molecule has 0 radical (unpaired) electrons. The molecular weight excluding hydrogens is 325 g/mol. The molecule has 1 N–H and O–H groups in total. The number of aromatic nitrogens is 1. The van der Waals surface area contributed by atoms with Crippen LogP contribution < -0.4 is 4.52 Å². The van der Waals surface area contributed by atoms with Gasteiger partial charge in [-0.05, 0) is 48.6 Å². The highest BCUT2D eigenvalue weighted by Gasteiger charge is 2.13. The smallest absolute Gasteiger partial charge is 0.417 e. The highest BCUT2D eigenvalue weighted by Crippen LogP contribution is 2.47. The van der Waals surface area contributed by atoms with Crippen LogP contribution in [-0.4, -0.2) is 9.88 Å². The van der Waals surface area contributed by atoms with Gasteiger partial charge in [-0.1, -0.05) is 29.4 Å². The van der Waals surface area contributed by atoms with E-state index in [2.05, 4.69) is 17.2 Å². The zero-order valence-electron chi connectivity index (χ0n) is 9.43. The third-order valence-electron chi connectivity index (χ3n) is 1.96. The van der Waals surface area contributed by atoms with Crippen LogP contribution in [0, 0.1) is 0 Å². The van der Waals surface area contributed by atoms with Gasteiger partial charge in [0.05, 0.1) is 0 Å². The predicted molar refractivity (Wildman–Crippen MR) is 79.3 cm³/mol. The van der Waals surface area contributed by atoms with Gasteiger partial charge in [-0.25, -0.2) is 9.55 Å². The van der Waals surface area contributed by atoms with Gasteiger partial charge in [-0.2, -0.15) is 0 Å². The van der Waals surface area contributed by atoms with E-state index in [4.69, 9.17) is 21.0 Å². The first-order valence-electron chi connectivity index (χ1n) is 5.08. The Morgan fingerprint density at radius 1 is 1.26 bits per heavy atom. The standard InChI is InChI=1S/C11H9ClNO3PS2/c12-10-2-1-3-11(13-10)19-9-6-4-8(5-7-9)16-17(14,15)18/h1-7H,(H2,14,15,18). The van der Waals surface area contributed by atoms with Crippen LogP contribution in [0.25, 0.3) is 0 Å². The molecule has 8 heteroatoms. The number of benzene rings is 1. The Balaban J connectivity index is 2.09. The molecule has 4 nitrogen and oxygen atoms in total. The summed E-state index contributed by atoms with van der Waals surface area (Å²) in [5.41, 5.74) is 0. The van der Waals surface area contributed by atoms with Crippen molar-refractivity contribution in [1.82, 2.24) is 4.98 Å². The maximum atomic E-state index is 11.0. The van der Waals surface area contributed by atoms with Gasteiger partial charge in [0.1, 0.15) is 15.9 Å². The lowest BCUT2D eigenvalue weighted by molar-refractivity contribution is 0.403. The molecule has 0 saturated carbocycles. The monoisotopic (exact) mass is 333 g/mol. The van der Waals surface area contributed by atoms with Crippen LogP contribution in [0.4, 0.5) is 0 Å². The fraction of sp³-hybridized carbons (Fsp3) is 0. The Morgan fingerprint density at radius 2 is 1.95 bits per heavy atom. The van der Waals surface area contributed by atoms with E-state index in [1.807, 2.05) is 12.1 Å². The first-order valence-corrected chi connectivity index (χ1v) is 9.00. The van der Waals surface area contributed by atoms with Gasteiger partial charge in [0, 0.05) is 4.90 Å². The van der Waals surface area contributed by atoms with Crippen molar-refractivity contribution in [2.75, 3.05) is 0 Å². The average Bonchev–Trinajstić information content (AvgIpc) is 2.30. The molecule has 100 valence electrons. The number of thiol groups is 1. The van der Waals surface area contributed by atoms with Crippen molar-refractivity contribution in [3.05, 3.63) is 47.6 Å². The summed E-state index contributed by atoms with van der Waals surface area (Å²) < 4.78 is 15.7. The second-order valence-electron chi connectivity index (χ2n) is 3.45. The molecule has 1 unspecified atom stereocenters. The molecule has 1 aromatic carbocycles. The number of nitrogens with zero attached hydrogens (tertiary/aromatic N) is 1. The lowest BCUT2D eigenvalue weighted by Crippen LogP contribution is -1.85. The van der Waals surface area contributed by atoms with Crippen molar-refractivity contribution in [3.8, 4) is 5.75 Å². The average molecular weight is 334 g/mol. The van der Waals surface area contributed by atoms with E-state index in [1.54, 1.807) is 30.3 Å². The predicted octanol–water partition coefficient (Wildman–Crippen LogP) is 4.30. The molecule has 0 aliphatic heterocycles. The number of rotatable bonds is 4. The summed E-state index contributed by atoms with van der Waals surface area (Å²) >= 11 is 10.7. The summed E-state index contributed by atoms with van der Waals surface area (Å²) in [5.74, 6) is 0.282. The van der Waals surface area contributed by atoms with Gasteiger partial charge in [0.2, 0.25) is 0 Å². The minimum atomic E-state index is -3.82. The number of hydrogen-bond donors (Lipinski definition) is 2. The lowest BCUT2D eigenvalue weighted by Gasteiger charge is -2.08. The molecule has 19 heavy (non-hydrogen) atoms. The largest absolute Gasteiger partial charge is 0.434 e. The van der Waals surface area contributed by atoms with E-state index in [0.717, 1.165) is 9.92 Å². The zero-order valence-corrected chi connectivity index (χ0v) is 12.8. The van der Waals surface area contributed by atoms with Crippen LogP contribution in [0.3, 0.4) is 0 Å². The third-order valence-corrected chi connectivity index (χ3v) is 3.81.